The molecule has 21 heavy (non-hydrogen) atoms. The van der Waals surface area contributed by atoms with Crippen molar-refractivity contribution in [2.75, 3.05) is 19.1 Å². The van der Waals surface area contributed by atoms with Crippen LogP contribution in [0.2, 0.25) is 0 Å². The lowest BCUT2D eigenvalue weighted by molar-refractivity contribution is 0.0102. The second kappa shape index (κ2) is 5.54. The number of aromatic nitrogens is 2. The first kappa shape index (κ1) is 14.7. The molecule has 1 fully saturated rings. The van der Waals surface area contributed by atoms with Crippen LogP contribution >= 0.6 is 11.6 Å². The van der Waals surface area contributed by atoms with Gasteiger partial charge in [0.25, 0.3) is 0 Å². The maximum absolute atomic E-state index is 14.0. The molecule has 1 aromatic carbocycles. The number of benzene rings is 1. The number of fused-ring (bicyclic) bond motifs is 1. The van der Waals surface area contributed by atoms with Gasteiger partial charge < -0.3 is 9.30 Å². The Morgan fingerprint density at radius 1 is 1.43 bits per heavy atom. The van der Waals surface area contributed by atoms with Gasteiger partial charge in [0.15, 0.2) is 5.82 Å². The molecule has 114 valence electrons. The van der Waals surface area contributed by atoms with Gasteiger partial charge in [0.2, 0.25) is 0 Å². The average molecular weight is 315 g/mol. The van der Waals surface area contributed by atoms with Gasteiger partial charge in [-0.25, -0.2) is 13.8 Å². The molecule has 1 unspecified atom stereocenters. The van der Waals surface area contributed by atoms with Gasteiger partial charge in [-0.3, -0.25) is 0 Å². The third-order valence-electron chi connectivity index (χ3n) is 4.02. The minimum absolute atomic E-state index is 0.198. The molecule has 2 aromatic rings. The van der Waals surface area contributed by atoms with Crippen LogP contribution in [-0.2, 0) is 16.7 Å². The lowest BCUT2D eigenvalue weighted by Gasteiger charge is -2.36. The summed E-state index contributed by atoms with van der Waals surface area (Å²) in [7, 11) is 0. The summed E-state index contributed by atoms with van der Waals surface area (Å²) in [6.45, 7) is 3.26. The molecular weight excluding hydrogens is 298 g/mol. The van der Waals surface area contributed by atoms with Crippen molar-refractivity contribution in [3.05, 3.63) is 29.6 Å². The summed E-state index contributed by atoms with van der Waals surface area (Å²) < 4.78 is 35.1. The minimum atomic E-state index is -0.639. The molecule has 1 aliphatic rings. The van der Waals surface area contributed by atoms with Crippen LogP contribution in [0.5, 0.6) is 0 Å². The molecule has 1 atom stereocenters. The zero-order chi connectivity index (χ0) is 15.0. The number of alkyl halides is 1. The minimum Gasteiger partial charge on any atom is -0.379 e. The van der Waals surface area contributed by atoms with E-state index in [-0.39, 0.29) is 11.1 Å². The molecule has 2 heterocycles. The molecule has 0 N–H and O–H groups in total. The number of ether oxygens (including phenoxy) is 1. The van der Waals surface area contributed by atoms with Crippen molar-refractivity contribution in [3.8, 4) is 0 Å². The van der Waals surface area contributed by atoms with Gasteiger partial charge in [0.05, 0.1) is 17.7 Å². The van der Waals surface area contributed by atoms with Gasteiger partial charge >= 0.3 is 0 Å². The highest BCUT2D eigenvalue weighted by Crippen LogP contribution is 2.33. The van der Waals surface area contributed by atoms with Crippen molar-refractivity contribution < 1.29 is 13.5 Å². The van der Waals surface area contributed by atoms with Crippen molar-refractivity contribution in [2.24, 2.45) is 0 Å². The molecule has 0 saturated carbocycles. The van der Waals surface area contributed by atoms with Crippen LogP contribution < -0.4 is 0 Å². The molecule has 0 amide bonds. The van der Waals surface area contributed by atoms with Crippen LogP contribution in [0.3, 0.4) is 0 Å². The van der Waals surface area contributed by atoms with E-state index in [1.165, 1.54) is 6.07 Å². The largest absolute Gasteiger partial charge is 0.379 e. The van der Waals surface area contributed by atoms with Gasteiger partial charge in [-0.05, 0) is 25.8 Å². The predicted octanol–water partition coefficient (Wildman–Crippen LogP) is 3.62. The summed E-state index contributed by atoms with van der Waals surface area (Å²) in [5.74, 6) is -0.180. The average Bonchev–Trinajstić information content (AvgIpc) is 2.79. The van der Waals surface area contributed by atoms with Gasteiger partial charge in [-0.15, -0.1) is 11.6 Å². The summed E-state index contributed by atoms with van der Waals surface area (Å²) in [5.41, 5.74) is 0.318. The Labute approximate surface area is 126 Å². The lowest BCUT2D eigenvalue weighted by Crippen LogP contribution is -2.40. The number of aryl methyl sites for hydroxylation is 1. The molecular formula is C15H17ClF2N2O. The Balaban J connectivity index is 2.24. The van der Waals surface area contributed by atoms with E-state index in [1.807, 2.05) is 11.5 Å². The molecule has 0 aliphatic carbocycles. The van der Waals surface area contributed by atoms with E-state index in [0.717, 1.165) is 25.5 Å². The highest BCUT2D eigenvalue weighted by Gasteiger charge is 2.33. The number of imidazole rings is 1. The van der Waals surface area contributed by atoms with Gasteiger partial charge in [0.1, 0.15) is 17.2 Å². The first-order valence-corrected chi connectivity index (χ1v) is 7.59. The molecule has 1 aromatic heterocycles. The van der Waals surface area contributed by atoms with E-state index in [2.05, 4.69) is 4.98 Å². The highest BCUT2D eigenvalue weighted by molar-refractivity contribution is 6.17. The highest BCUT2D eigenvalue weighted by atomic mass is 35.5. The molecule has 3 nitrogen and oxygen atoms in total. The molecule has 6 heteroatoms. The van der Waals surface area contributed by atoms with Crippen LogP contribution in [-0.4, -0.2) is 28.6 Å². The normalized spacial score (nSPS) is 22.9. The van der Waals surface area contributed by atoms with Crippen molar-refractivity contribution in [1.29, 1.82) is 0 Å². The van der Waals surface area contributed by atoms with Crippen LogP contribution in [0.4, 0.5) is 8.78 Å². The second-order valence-corrected chi connectivity index (χ2v) is 6.09. The quantitative estimate of drug-likeness (QED) is 0.809. The van der Waals surface area contributed by atoms with Crippen molar-refractivity contribution in [2.45, 2.75) is 31.7 Å². The number of nitrogens with zero attached hydrogens (tertiary/aromatic N) is 2. The van der Waals surface area contributed by atoms with E-state index in [9.17, 15) is 8.78 Å². The molecule has 0 radical (unpaired) electrons. The predicted molar refractivity (Wildman–Crippen MR) is 77.8 cm³/mol. The number of rotatable bonds is 3. The van der Waals surface area contributed by atoms with E-state index < -0.39 is 11.6 Å². The Kier molecular flexibility index (Phi) is 3.88. The monoisotopic (exact) mass is 314 g/mol. The van der Waals surface area contributed by atoms with E-state index in [1.54, 1.807) is 0 Å². The smallest absolute Gasteiger partial charge is 0.153 e. The van der Waals surface area contributed by atoms with Crippen LogP contribution in [0, 0.1) is 11.6 Å². The van der Waals surface area contributed by atoms with Crippen LogP contribution in [0.15, 0.2) is 12.1 Å². The van der Waals surface area contributed by atoms with Crippen molar-refractivity contribution in [1.82, 2.24) is 9.55 Å². The zero-order valence-electron chi connectivity index (χ0n) is 11.8. The SMILES string of the molecule is CC1(n2c(CCCl)nc3c(F)cc(F)cc32)CCCOC1. The van der Waals surface area contributed by atoms with E-state index in [0.29, 0.717) is 30.2 Å². The second-order valence-electron chi connectivity index (χ2n) is 5.71. The Morgan fingerprint density at radius 3 is 2.90 bits per heavy atom. The summed E-state index contributed by atoms with van der Waals surface area (Å²) in [6.07, 6.45) is 2.30. The summed E-state index contributed by atoms with van der Waals surface area (Å²) in [5, 5.41) is 0. The van der Waals surface area contributed by atoms with E-state index >= 15 is 0 Å². The fraction of sp³-hybridized carbons (Fsp3) is 0.533. The first-order chi connectivity index (χ1) is 10.0. The Morgan fingerprint density at radius 2 is 2.24 bits per heavy atom. The third-order valence-corrected chi connectivity index (χ3v) is 4.21. The fourth-order valence-corrected chi connectivity index (χ4v) is 3.27. The topological polar surface area (TPSA) is 27.1 Å². The standard InChI is InChI=1S/C15H17ClF2N2O/c1-15(4-2-6-21-9-15)20-12-8-10(17)7-11(18)14(12)19-13(20)3-5-16/h7-8H,2-6,9H2,1H3. The third kappa shape index (κ3) is 2.53. The number of halogens is 3. The Bertz CT molecular complexity index is 665. The molecule has 0 spiro atoms. The fourth-order valence-electron chi connectivity index (χ4n) is 3.10. The van der Waals surface area contributed by atoms with Crippen molar-refractivity contribution in [3.63, 3.8) is 0 Å². The van der Waals surface area contributed by atoms with Gasteiger partial charge in [-0.2, -0.15) is 0 Å². The summed E-state index contributed by atoms with van der Waals surface area (Å²) in [4.78, 5) is 4.34. The lowest BCUT2D eigenvalue weighted by atomic mass is 9.94. The molecule has 3 rings (SSSR count). The van der Waals surface area contributed by atoms with Crippen molar-refractivity contribution >= 4 is 22.6 Å². The van der Waals surface area contributed by atoms with E-state index in [4.69, 9.17) is 16.3 Å². The molecule has 0 bridgehead atoms. The number of hydrogen-bond donors (Lipinski definition) is 0. The first-order valence-electron chi connectivity index (χ1n) is 7.06. The molecule has 1 aliphatic heterocycles. The maximum Gasteiger partial charge on any atom is 0.153 e. The maximum atomic E-state index is 14.0. The van der Waals surface area contributed by atoms with Gasteiger partial charge in [0, 0.05) is 25.0 Å². The van der Waals surface area contributed by atoms with Crippen LogP contribution in [0.25, 0.3) is 11.0 Å². The Hall–Kier alpha value is -1.20. The van der Waals surface area contributed by atoms with Gasteiger partial charge in [-0.1, -0.05) is 0 Å². The summed E-state index contributed by atoms with van der Waals surface area (Å²) in [6, 6.07) is 2.20. The van der Waals surface area contributed by atoms with Crippen LogP contribution in [0.1, 0.15) is 25.6 Å². The number of hydrogen-bond acceptors (Lipinski definition) is 2. The zero-order valence-corrected chi connectivity index (χ0v) is 12.6. The summed E-state index contributed by atoms with van der Waals surface area (Å²) >= 11 is 5.84. The molecule has 1 saturated heterocycles.